The number of anilines is 3. The van der Waals surface area contributed by atoms with Crippen LogP contribution in [-0.2, 0) is 0 Å². The fourth-order valence-electron chi connectivity index (χ4n) is 1.48. The molecule has 1 heterocycles. The third kappa shape index (κ3) is 2.95. The van der Waals surface area contributed by atoms with E-state index in [1.165, 1.54) is 5.56 Å². The molecule has 0 aliphatic heterocycles. The van der Waals surface area contributed by atoms with E-state index in [0.29, 0.717) is 5.82 Å². The fraction of sp³-hybridized carbons (Fsp3) is 0.0833. The molecule has 0 unspecified atom stereocenters. The van der Waals surface area contributed by atoms with Gasteiger partial charge in [0.15, 0.2) is 0 Å². The quantitative estimate of drug-likeness (QED) is 0.601. The van der Waals surface area contributed by atoms with Crippen molar-refractivity contribution in [1.82, 2.24) is 4.98 Å². The van der Waals surface area contributed by atoms with Crippen LogP contribution in [0.3, 0.4) is 0 Å². The number of nitrogen functional groups attached to an aromatic ring is 1. The highest BCUT2D eigenvalue weighted by Crippen LogP contribution is 2.27. The first-order chi connectivity index (χ1) is 8.19. The van der Waals surface area contributed by atoms with Gasteiger partial charge >= 0.3 is 0 Å². The number of nitrogens with zero attached hydrogens (tertiary/aromatic N) is 1. The summed E-state index contributed by atoms with van der Waals surface area (Å²) in [7, 11) is 0. The zero-order valence-corrected chi connectivity index (χ0v) is 11.0. The van der Waals surface area contributed by atoms with E-state index in [4.69, 9.17) is 5.84 Å². The van der Waals surface area contributed by atoms with Crippen LogP contribution in [0.4, 0.5) is 17.2 Å². The third-order valence-corrected chi connectivity index (χ3v) is 3.00. The Labute approximate surface area is 108 Å². The Morgan fingerprint density at radius 2 is 2.06 bits per heavy atom. The van der Waals surface area contributed by atoms with Crippen LogP contribution in [0.15, 0.2) is 41.0 Å². The molecule has 1 aromatic heterocycles. The highest BCUT2D eigenvalue weighted by atomic mass is 79.9. The van der Waals surface area contributed by atoms with Gasteiger partial charge in [-0.3, -0.25) is 0 Å². The first kappa shape index (κ1) is 11.9. The number of aromatic nitrogens is 1. The molecule has 4 nitrogen and oxygen atoms in total. The SMILES string of the molecule is Cc1ccc(Br)c(Nc2ccnc(NN)c2)c1. The van der Waals surface area contributed by atoms with Crippen LogP contribution < -0.4 is 16.6 Å². The van der Waals surface area contributed by atoms with Crippen LogP contribution in [0.25, 0.3) is 0 Å². The highest BCUT2D eigenvalue weighted by molar-refractivity contribution is 9.10. The van der Waals surface area contributed by atoms with Gasteiger partial charge in [0.2, 0.25) is 0 Å². The molecule has 1 aromatic carbocycles. The molecule has 88 valence electrons. The standard InChI is InChI=1S/C12H13BrN4/c1-8-2-3-10(13)11(6-8)16-9-4-5-15-12(7-9)17-14/h2-7H,14H2,1H3,(H2,15,16,17). The van der Waals surface area contributed by atoms with Gasteiger partial charge in [0, 0.05) is 22.4 Å². The monoisotopic (exact) mass is 292 g/mol. The molecular formula is C12H13BrN4. The van der Waals surface area contributed by atoms with Crippen molar-refractivity contribution in [2.75, 3.05) is 10.7 Å². The van der Waals surface area contributed by atoms with Gasteiger partial charge in [-0.1, -0.05) is 6.07 Å². The minimum Gasteiger partial charge on any atom is -0.354 e. The van der Waals surface area contributed by atoms with Crippen LogP contribution in [0, 0.1) is 6.92 Å². The number of aryl methyl sites for hydroxylation is 1. The lowest BCUT2D eigenvalue weighted by molar-refractivity contribution is 1.23. The van der Waals surface area contributed by atoms with Crippen molar-refractivity contribution >= 4 is 33.1 Å². The van der Waals surface area contributed by atoms with Crippen LogP contribution >= 0.6 is 15.9 Å². The molecule has 0 bridgehead atoms. The number of hydrogen-bond donors (Lipinski definition) is 3. The topological polar surface area (TPSA) is 63.0 Å². The van der Waals surface area contributed by atoms with Crippen LogP contribution in [0.1, 0.15) is 5.56 Å². The predicted octanol–water partition coefficient (Wildman–Crippen LogP) is 3.18. The Balaban J connectivity index is 2.27. The summed E-state index contributed by atoms with van der Waals surface area (Å²) >= 11 is 3.51. The van der Waals surface area contributed by atoms with Crippen molar-refractivity contribution in [3.63, 3.8) is 0 Å². The van der Waals surface area contributed by atoms with Gasteiger partial charge in [0.1, 0.15) is 5.82 Å². The van der Waals surface area contributed by atoms with Gasteiger partial charge in [-0.25, -0.2) is 10.8 Å². The molecule has 17 heavy (non-hydrogen) atoms. The largest absolute Gasteiger partial charge is 0.354 e. The lowest BCUT2D eigenvalue weighted by atomic mass is 10.2. The van der Waals surface area contributed by atoms with E-state index in [0.717, 1.165) is 15.8 Å². The van der Waals surface area contributed by atoms with E-state index in [-0.39, 0.29) is 0 Å². The van der Waals surface area contributed by atoms with Gasteiger partial charge in [-0.05, 0) is 46.6 Å². The molecule has 2 rings (SSSR count). The summed E-state index contributed by atoms with van der Waals surface area (Å²) in [5.74, 6) is 5.94. The average Bonchev–Trinajstić information content (AvgIpc) is 2.34. The number of benzene rings is 1. The second kappa shape index (κ2) is 5.16. The molecular weight excluding hydrogens is 280 g/mol. The lowest BCUT2D eigenvalue weighted by Crippen LogP contribution is -2.08. The van der Waals surface area contributed by atoms with Gasteiger partial charge in [-0.2, -0.15) is 0 Å². The number of hydrazine groups is 1. The smallest absolute Gasteiger partial charge is 0.141 e. The van der Waals surface area contributed by atoms with Gasteiger partial charge in [0.25, 0.3) is 0 Å². The van der Waals surface area contributed by atoms with E-state index in [9.17, 15) is 0 Å². The normalized spacial score (nSPS) is 10.1. The average molecular weight is 293 g/mol. The molecule has 0 spiro atoms. The molecule has 0 amide bonds. The van der Waals surface area contributed by atoms with E-state index < -0.39 is 0 Å². The van der Waals surface area contributed by atoms with Crippen molar-refractivity contribution in [3.05, 3.63) is 46.6 Å². The predicted molar refractivity (Wildman–Crippen MR) is 74.2 cm³/mol. The van der Waals surface area contributed by atoms with Gasteiger partial charge in [-0.15, -0.1) is 0 Å². The van der Waals surface area contributed by atoms with Crippen molar-refractivity contribution in [3.8, 4) is 0 Å². The number of pyridine rings is 1. The first-order valence-corrected chi connectivity index (χ1v) is 5.94. The van der Waals surface area contributed by atoms with E-state index in [1.807, 2.05) is 18.2 Å². The maximum Gasteiger partial charge on any atom is 0.141 e. The van der Waals surface area contributed by atoms with Crippen molar-refractivity contribution in [2.24, 2.45) is 5.84 Å². The Hall–Kier alpha value is -1.59. The molecule has 4 N–H and O–H groups in total. The zero-order valence-electron chi connectivity index (χ0n) is 9.37. The molecule has 0 saturated carbocycles. The zero-order chi connectivity index (χ0) is 12.3. The summed E-state index contributed by atoms with van der Waals surface area (Å²) in [5.41, 5.74) is 5.66. The van der Waals surface area contributed by atoms with E-state index >= 15 is 0 Å². The molecule has 0 radical (unpaired) electrons. The molecule has 2 aromatic rings. The second-order valence-corrected chi connectivity index (χ2v) is 4.54. The van der Waals surface area contributed by atoms with Gasteiger partial charge in [0.05, 0.1) is 5.69 Å². The Kier molecular flexibility index (Phi) is 3.61. The van der Waals surface area contributed by atoms with E-state index in [2.05, 4.69) is 50.7 Å². The first-order valence-electron chi connectivity index (χ1n) is 5.15. The van der Waals surface area contributed by atoms with Gasteiger partial charge < -0.3 is 10.7 Å². The molecule has 5 heteroatoms. The van der Waals surface area contributed by atoms with Crippen LogP contribution in [0.2, 0.25) is 0 Å². The summed E-state index contributed by atoms with van der Waals surface area (Å²) in [6.07, 6.45) is 1.70. The molecule has 0 aliphatic rings. The summed E-state index contributed by atoms with van der Waals surface area (Å²) in [6.45, 7) is 2.05. The second-order valence-electron chi connectivity index (χ2n) is 3.68. The van der Waals surface area contributed by atoms with Crippen molar-refractivity contribution in [1.29, 1.82) is 0 Å². The third-order valence-electron chi connectivity index (χ3n) is 2.31. The lowest BCUT2D eigenvalue weighted by Gasteiger charge is -2.10. The minimum atomic E-state index is 0.624. The maximum absolute atomic E-state index is 5.32. The number of nitrogens with two attached hydrogens (primary N) is 1. The Morgan fingerprint density at radius 3 is 2.82 bits per heavy atom. The summed E-state index contributed by atoms with van der Waals surface area (Å²) in [5, 5.41) is 3.31. The highest BCUT2D eigenvalue weighted by Gasteiger charge is 2.01. The molecule has 0 atom stereocenters. The summed E-state index contributed by atoms with van der Waals surface area (Å²) < 4.78 is 1.02. The number of nitrogens with one attached hydrogen (secondary N) is 2. The molecule has 0 aliphatic carbocycles. The van der Waals surface area contributed by atoms with Crippen LogP contribution in [-0.4, -0.2) is 4.98 Å². The summed E-state index contributed by atoms with van der Waals surface area (Å²) in [6, 6.07) is 9.86. The van der Waals surface area contributed by atoms with E-state index in [1.54, 1.807) is 6.20 Å². The summed E-state index contributed by atoms with van der Waals surface area (Å²) in [4.78, 5) is 4.05. The Morgan fingerprint density at radius 1 is 1.24 bits per heavy atom. The molecule has 0 fully saturated rings. The Bertz CT molecular complexity index is 528. The minimum absolute atomic E-state index is 0.624. The van der Waals surface area contributed by atoms with Crippen molar-refractivity contribution in [2.45, 2.75) is 6.92 Å². The molecule has 0 saturated heterocycles. The van der Waals surface area contributed by atoms with Crippen LogP contribution in [0.5, 0.6) is 0 Å². The number of halogens is 1. The fourth-order valence-corrected chi connectivity index (χ4v) is 1.82. The maximum atomic E-state index is 5.32. The number of rotatable bonds is 3. The van der Waals surface area contributed by atoms with Crippen molar-refractivity contribution < 1.29 is 0 Å². The number of hydrogen-bond acceptors (Lipinski definition) is 4.